The molecule has 1 aliphatic heterocycles. The van der Waals surface area contributed by atoms with Gasteiger partial charge in [0.1, 0.15) is 5.69 Å². The summed E-state index contributed by atoms with van der Waals surface area (Å²) in [5.74, 6) is -0.103. The molecule has 1 aromatic heterocycles. The van der Waals surface area contributed by atoms with E-state index in [4.69, 9.17) is 4.74 Å². The van der Waals surface area contributed by atoms with E-state index >= 15 is 0 Å². The van der Waals surface area contributed by atoms with Crippen molar-refractivity contribution in [2.75, 3.05) is 38.1 Å². The molecule has 0 saturated carbocycles. The number of pyridine rings is 1. The van der Waals surface area contributed by atoms with E-state index < -0.39 is 0 Å². The molecule has 7 heteroatoms. The van der Waals surface area contributed by atoms with E-state index in [1.165, 1.54) is 0 Å². The van der Waals surface area contributed by atoms with Crippen LogP contribution in [0, 0.1) is 0 Å². The van der Waals surface area contributed by atoms with Crippen LogP contribution in [0.15, 0.2) is 18.3 Å². The molecule has 1 aromatic rings. The van der Waals surface area contributed by atoms with Crippen LogP contribution in [0.1, 0.15) is 37.7 Å². The summed E-state index contributed by atoms with van der Waals surface area (Å²) < 4.78 is 4.98. The molecule has 0 bridgehead atoms. The third-order valence-corrected chi connectivity index (χ3v) is 4.10. The number of ether oxygens (including phenoxy) is 1. The second kappa shape index (κ2) is 8.52. The van der Waals surface area contributed by atoms with Gasteiger partial charge < -0.3 is 19.9 Å². The Kier molecular flexibility index (Phi) is 6.40. The number of rotatable bonds is 5. The number of carbonyl (C=O) groups excluding carboxylic acids is 2. The number of carbonyl (C=O) groups is 2. The third-order valence-electron chi connectivity index (χ3n) is 4.10. The zero-order chi connectivity index (χ0) is 17.5. The Hall–Kier alpha value is -2.31. The highest BCUT2D eigenvalue weighted by Crippen LogP contribution is 2.12. The molecule has 1 fully saturated rings. The number of hydrogen-bond acceptors (Lipinski definition) is 5. The highest BCUT2D eigenvalue weighted by atomic mass is 16.6. The van der Waals surface area contributed by atoms with Crippen LogP contribution in [-0.2, 0) is 4.74 Å². The molecule has 2 heterocycles. The fourth-order valence-corrected chi connectivity index (χ4v) is 2.46. The van der Waals surface area contributed by atoms with Gasteiger partial charge in [0.15, 0.2) is 0 Å². The first-order valence-corrected chi connectivity index (χ1v) is 8.48. The number of hydrogen-bond donors (Lipinski definition) is 1. The minimum absolute atomic E-state index is 0.103. The van der Waals surface area contributed by atoms with Gasteiger partial charge in [0.25, 0.3) is 5.91 Å². The van der Waals surface area contributed by atoms with Gasteiger partial charge in [0.05, 0.1) is 18.5 Å². The van der Waals surface area contributed by atoms with Gasteiger partial charge in [-0.1, -0.05) is 6.92 Å². The van der Waals surface area contributed by atoms with Crippen LogP contribution >= 0.6 is 0 Å². The van der Waals surface area contributed by atoms with Crippen molar-refractivity contribution >= 4 is 17.7 Å². The van der Waals surface area contributed by atoms with E-state index in [2.05, 4.69) is 24.1 Å². The van der Waals surface area contributed by atoms with Gasteiger partial charge in [-0.2, -0.15) is 0 Å². The number of anilines is 1. The van der Waals surface area contributed by atoms with Crippen LogP contribution in [-0.4, -0.2) is 65.6 Å². The summed E-state index contributed by atoms with van der Waals surface area (Å²) in [6.45, 7) is 8.30. The molecule has 132 valence electrons. The zero-order valence-corrected chi connectivity index (χ0v) is 14.6. The van der Waals surface area contributed by atoms with Gasteiger partial charge in [-0.15, -0.1) is 0 Å². The van der Waals surface area contributed by atoms with Crippen LogP contribution in [0.25, 0.3) is 0 Å². The van der Waals surface area contributed by atoms with Crippen molar-refractivity contribution in [2.24, 2.45) is 0 Å². The second-order valence-electron chi connectivity index (χ2n) is 5.86. The molecular weight excluding hydrogens is 308 g/mol. The van der Waals surface area contributed by atoms with E-state index in [-0.39, 0.29) is 12.0 Å². The minimum atomic E-state index is -0.316. The highest BCUT2D eigenvalue weighted by molar-refractivity contribution is 5.92. The van der Waals surface area contributed by atoms with Crippen molar-refractivity contribution in [3.8, 4) is 0 Å². The van der Waals surface area contributed by atoms with Gasteiger partial charge >= 0.3 is 6.09 Å². The molecule has 2 rings (SSSR count). The largest absolute Gasteiger partial charge is 0.450 e. The lowest BCUT2D eigenvalue weighted by Crippen LogP contribution is -2.50. The topological polar surface area (TPSA) is 74.8 Å². The number of piperazine rings is 1. The summed E-state index contributed by atoms with van der Waals surface area (Å²) in [5.41, 5.74) is 1.34. The Morgan fingerprint density at radius 2 is 1.88 bits per heavy atom. The molecule has 24 heavy (non-hydrogen) atoms. The summed E-state index contributed by atoms with van der Waals surface area (Å²) in [7, 11) is 0. The average molecular weight is 334 g/mol. The fourth-order valence-electron chi connectivity index (χ4n) is 2.46. The molecule has 0 aromatic carbocycles. The quantitative estimate of drug-likeness (QED) is 0.893. The van der Waals surface area contributed by atoms with Crippen LogP contribution < -0.4 is 5.32 Å². The molecule has 1 N–H and O–H groups in total. The normalized spacial score (nSPS) is 15.8. The fraction of sp³-hybridized carbons (Fsp3) is 0.588. The standard InChI is InChI=1S/C17H26N4O3/c1-4-13(3)19-14-6-7-15(18-12-14)16(22)20-8-10-21(11-9-20)17(23)24-5-2/h6-7,12-13,19H,4-5,8-11H2,1-3H3. The lowest BCUT2D eigenvalue weighted by molar-refractivity contribution is 0.0566. The zero-order valence-electron chi connectivity index (χ0n) is 14.6. The summed E-state index contributed by atoms with van der Waals surface area (Å²) in [6, 6.07) is 3.98. The van der Waals surface area contributed by atoms with Gasteiger partial charge in [-0.3, -0.25) is 4.79 Å². The summed E-state index contributed by atoms with van der Waals surface area (Å²) in [4.78, 5) is 31.8. The van der Waals surface area contributed by atoms with E-state index in [0.717, 1.165) is 12.1 Å². The van der Waals surface area contributed by atoms with Crippen LogP contribution in [0.4, 0.5) is 10.5 Å². The van der Waals surface area contributed by atoms with E-state index in [1.807, 2.05) is 6.07 Å². The van der Waals surface area contributed by atoms with Crippen molar-refractivity contribution in [2.45, 2.75) is 33.2 Å². The molecule has 2 amide bonds. The lowest BCUT2D eigenvalue weighted by atomic mass is 10.2. The van der Waals surface area contributed by atoms with Crippen LogP contribution in [0.2, 0.25) is 0 Å². The Labute approximate surface area is 143 Å². The van der Waals surface area contributed by atoms with Crippen molar-refractivity contribution in [1.82, 2.24) is 14.8 Å². The SMILES string of the molecule is CCOC(=O)N1CCN(C(=O)c2ccc(NC(C)CC)cn2)CC1. The Morgan fingerprint density at radius 1 is 1.21 bits per heavy atom. The molecule has 1 unspecified atom stereocenters. The van der Waals surface area contributed by atoms with Crippen molar-refractivity contribution in [3.63, 3.8) is 0 Å². The highest BCUT2D eigenvalue weighted by Gasteiger charge is 2.26. The first-order chi connectivity index (χ1) is 11.5. The lowest BCUT2D eigenvalue weighted by Gasteiger charge is -2.33. The van der Waals surface area contributed by atoms with Crippen molar-refractivity contribution in [1.29, 1.82) is 0 Å². The number of amides is 2. The van der Waals surface area contributed by atoms with E-state index in [9.17, 15) is 9.59 Å². The minimum Gasteiger partial charge on any atom is -0.450 e. The Balaban J connectivity index is 1.89. The van der Waals surface area contributed by atoms with Gasteiger partial charge in [-0.25, -0.2) is 9.78 Å². The molecule has 0 spiro atoms. The molecule has 0 radical (unpaired) electrons. The molecule has 7 nitrogen and oxygen atoms in total. The predicted molar refractivity (Wildman–Crippen MR) is 92.1 cm³/mol. The molecule has 1 saturated heterocycles. The van der Waals surface area contributed by atoms with E-state index in [0.29, 0.717) is 44.5 Å². The number of aromatic nitrogens is 1. The number of nitrogens with zero attached hydrogens (tertiary/aromatic N) is 3. The monoisotopic (exact) mass is 334 g/mol. The molecule has 1 aliphatic rings. The van der Waals surface area contributed by atoms with Crippen molar-refractivity contribution < 1.29 is 14.3 Å². The summed E-state index contributed by atoms with van der Waals surface area (Å²) in [5, 5.41) is 3.32. The van der Waals surface area contributed by atoms with Crippen molar-refractivity contribution in [3.05, 3.63) is 24.0 Å². The first kappa shape index (κ1) is 18.0. The third kappa shape index (κ3) is 4.59. The van der Waals surface area contributed by atoms with Crippen LogP contribution in [0.5, 0.6) is 0 Å². The number of nitrogens with one attached hydrogen (secondary N) is 1. The molecule has 1 atom stereocenters. The summed E-state index contributed by atoms with van der Waals surface area (Å²) >= 11 is 0. The average Bonchev–Trinajstić information content (AvgIpc) is 2.62. The maximum absolute atomic E-state index is 12.5. The maximum Gasteiger partial charge on any atom is 0.409 e. The summed E-state index contributed by atoms with van der Waals surface area (Å²) in [6.07, 6.45) is 2.39. The van der Waals surface area contributed by atoms with Gasteiger partial charge in [0.2, 0.25) is 0 Å². The Bertz CT molecular complexity index is 553. The first-order valence-electron chi connectivity index (χ1n) is 8.48. The maximum atomic E-state index is 12.5. The smallest absolute Gasteiger partial charge is 0.409 e. The Morgan fingerprint density at radius 3 is 2.42 bits per heavy atom. The molecular formula is C17H26N4O3. The molecule has 0 aliphatic carbocycles. The van der Waals surface area contributed by atoms with Crippen LogP contribution in [0.3, 0.4) is 0 Å². The van der Waals surface area contributed by atoms with Gasteiger partial charge in [-0.05, 0) is 32.4 Å². The van der Waals surface area contributed by atoms with E-state index in [1.54, 1.807) is 29.0 Å². The predicted octanol–water partition coefficient (Wildman–Crippen LogP) is 2.21. The second-order valence-corrected chi connectivity index (χ2v) is 5.86. The van der Waals surface area contributed by atoms with Gasteiger partial charge in [0, 0.05) is 32.2 Å².